The van der Waals surface area contributed by atoms with Gasteiger partial charge in [0.2, 0.25) is 0 Å². The first kappa shape index (κ1) is 12.9. The lowest BCUT2D eigenvalue weighted by Gasteiger charge is -2.19. The van der Waals surface area contributed by atoms with Crippen LogP contribution in [-0.2, 0) is 5.88 Å². The van der Waals surface area contributed by atoms with Crippen LogP contribution in [0.4, 0.5) is 4.39 Å². The van der Waals surface area contributed by atoms with Crippen LogP contribution < -0.4 is 0 Å². The van der Waals surface area contributed by atoms with Crippen molar-refractivity contribution in [1.29, 1.82) is 0 Å². The monoisotopic (exact) mass is 280 g/mol. The summed E-state index contributed by atoms with van der Waals surface area (Å²) in [5, 5.41) is 0. The molecule has 1 aliphatic carbocycles. The van der Waals surface area contributed by atoms with Crippen molar-refractivity contribution >= 4 is 22.6 Å². The van der Waals surface area contributed by atoms with Crippen molar-refractivity contribution in [2.45, 2.75) is 44.5 Å². The highest BCUT2D eigenvalue weighted by atomic mass is 35.5. The van der Waals surface area contributed by atoms with Crippen LogP contribution in [-0.4, -0.2) is 9.55 Å². The standard InChI is InChI=1S/C15H18ClFN2/c1-2-12(7-10-3-4-10)19-14-8-11(17)5-6-13(14)18-15(19)9-16/h5-6,8,10,12H,2-4,7,9H2,1H3. The second-order valence-corrected chi connectivity index (χ2v) is 5.67. The molecule has 2 aromatic rings. The number of halogens is 2. The van der Waals surface area contributed by atoms with E-state index >= 15 is 0 Å². The van der Waals surface area contributed by atoms with Crippen LogP contribution >= 0.6 is 11.6 Å². The van der Waals surface area contributed by atoms with Gasteiger partial charge in [-0.05, 0) is 37.0 Å². The smallest absolute Gasteiger partial charge is 0.125 e. The molecule has 19 heavy (non-hydrogen) atoms. The summed E-state index contributed by atoms with van der Waals surface area (Å²) in [6, 6.07) is 5.15. The van der Waals surface area contributed by atoms with E-state index in [2.05, 4.69) is 16.5 Å². The Bertz CT molecular complexity index is 589. The number of fused-ring (bicyclic) bond motifs is 1. The molecule has 0 spiro atoms. The molecule has 1 aliphatic rings. The molecule has 1 atom stereocenters. The van der Waals surface area contributed by atoms with Gasteiger partial charge in [0.05, 0.1) is 16.9 Å². The van der Waals surface area contributed by atoms with Gasteiger partial charge < -0.3 is 4.57 Å². The number of aromatic nitrogens is 2. The van der Waals surface area contributed by atoms with Gasteiger partial charge in [0.25, 0.3) is 0 Å². The van der Waals surface area contributed by atoms with Crippen LogP contribution in [0.5, 0.6) is 0 Å². The predicted molar refractivity (Wildman–Crippen MR) is 75.9 cm³/mol. The molecule has 1 unspecified atom stereocenters. The van der Waals surface area contributed by atoms with Crippen LogP contribution in [0.3, 0.4) is 0 Å². The highest BCUT2D eigenvalue weighted by molar-refractivity contribution is 6.16. The minimum atomic E-state index is -0.212. The normalized spacial score (nSPS) is 17.0. The fraction of sp³-hybridized carbons (Fsp3) is 0.533. The summed E-state index contributed by atoms with van der Waals surface area (Å²) in [5.41, 5.74) is 1.72. The maximum absolute atomic E-state index is 13.5. The molecule has 0 radical (unpaired) electrons. The Hall–Kier alpha value is -1.09. The Labute approximate surface area is 117 Å². The molecule has 1 saturated carbocycles. The molecule has 1 aromatic carbocycles. The Morgan fingerprint density at radius 1 is 1.47 bits per heavy atom. The molecular weight excluding hydrogens is 263 g/mol. The molecule has 2 nitrogen and oxygen atoms in total. The topological polar surface area (TPSA) is 17.8 Å². The van der Waals surface area contributed by atoms with Crippen molar-refractivity contribution in [1.82, 2.24) is 9.55 Å². The van der Waals surface area contributed by atoms with Gasteiger partial charge in [-0.15, -0.1) is 11.6 Å². The van der Waals surface area contributed by atoms with E-state index in [-0.39, 0.29) is 5.82 Å². The highest BCUT2D eigenvalue weighted by Crippen LogP contribution is 2.39. The zero-order chi connectivity index (χ0) is 13.4. The Balaban J connectivity index is 2.09. The van der Waals surface area contributed by atoms with Crippen LogP contribution in [0, 0.1) is 11.7 Å². The van der Waals surface area contributed by atoms with E-state index in [1.54, 1.807) is 12.1 Å². The lowest BCUT2D eigenvalue weighted by Crippen LogP contribution is -2.12. The minimum Gasteiger partial charge on any atom is -0.324 e. The molecule has 0 aliphatic heterocycles. The Morgan fingerprint density at radius 3 is 2.89 bits per heavy atom. The minimum absolute atomic E-state index is 0.212. The zero-order valence-corrected chi connectivity index (χ0v) is 11.8. The quantitative estimate of drug-likeness (QED) is 0.728. The molecule has 0 amide bonds. The molecule has 1 fully saturated rings. The van der Waals surface area contributed by atoms with E-state index in [0.717, 1.165) is 35.6 Å². The second-order valence-electron chi connectivity index (χ2n) is 5.41. The van der Waals surface area contributed by atoms with Gasteiger partial charge in [0.15, 0.2) is 0 Å². The number of nitrogens with zero attached hydrogens (tertiary/aromatic N) is 2. The average molecular weight is 281 g/mol. The predicted octanol–water partition coefficient (Wildman–Crippen LogP) is 4.67. The summed E-state index contributed by atoms with van der Waals surface area (Å²) >= 11 is 6.02. The molecule has 1 aromatic heterocycles. The van der Waals surface area contributed by atoms with Gasteiger partial charge in [-0.25, -0.2) is 9.37 Å². The van der Waals surface area contributed by atoms with Crippen LogP contribution in [0.1, 0.15) is 44.5 Å². The number of benzene rings is 1. The molecule has 3 rings (SSSR count). The lowest BCUT2D eigenvalue weighted by atomic mass is 10.1. The van der Waals surface area contributed by atoms with E-state index in [1.165, 1.54) is 18.9 Å². The number of imidazole rings is 1. The van der Waals surface area contributed by atoms with Crippen LogP contribution in [0.15, 0.2) is 18.2 Å². The first-order valence-corrected chi connectivity index (χ1v) is 7.48. The number of alkyl halides is 1. The van der Waals surface area contributed by atoms with Gasteiger partial charge >= 0.3 is 0 Å². The summed E-state index contributed by atoms with van der Waals surface area (Å²) in [6.07, 6.45) is 4.84. The van der Waals surface area contributed by atoms with Gasteiger partial charge in [-0.2, -0.15) is 0 Å². The van der Waals surface area contributed by atoms with Crippen molar-refractivity contribution in [3.05, 3.63) is 29.8 Å². The Kier molecular flexibility index (Phi) is 3.48. The van der Waals surface area contributed by atoms with Crippen LogP contribution in [0.25, 0.3) is 11.0 Å². The van der Waals surface area contributed by atoms with E-state index in [9.17, 15) is 4.39 Å². The van der Waals surface area contributed by atoms with Crippen molar-refractivity contribution in [3.63, 3.8) is 0 Å². The second kappa shape index (κ2) is 5.12. The third-order valence-electron chi connectivity index (χ3n) is 3.98. The summed E-state index contributed by atoms with van der Waals surface area (Å²) in [7, 11) is 0. The summed E-state index contributed by atoms with van der Waals surface area (Å²) < 4.78 is 15.7. The number of hydrogen-bond donors (Lipinski definition) is 0. The number of rotatable bonds is 5. The SMILES string of the molecule is CCC(CC1CC1)n1c(CCl)nc2ccc(F)cc21. The molecule has 0 N–H and O–H groups in total. The summed E-state index contributed by atoms with van der Waals surface area (Å²) in [6.45, 7) is 2.18. The molecule has 0 bridgehead atoms. The van der Waals surface area contributed by atoms with Gasteiger partial charge in [0, 0.05) is 6.04 Å². The molecule has 0 saturated heterocycles. The first-order chi connectivity index (χ1) is 9.22. The van der Waals surface area contributed by atoms with Gasteiger partial charge in [-0.1, -0.05) is 19.8 Å². The third kappa shape index (κ3) is 2.48. The van der Waals surface area contributed by atoms with Crippen molar-refractivity contribution in [3.8, 4) is 0 Å². The van der Waals surface area contributed by atoms with Gasteiger partial charge in [0.1, 0.15) is 11.6 Å². The summed E-state index contributed by atoms with van der Waals surface area (Å²) in [5.74, 6) is 1.85. The lowest BCUT2D eigenvalue weighted by molar-refractivity contribution is 0.429. The summed E-state index contributed by atoms with van der Waals surface area (Å²) in [4.78, 5) is 4.53. The average Bonchev–Trinajstić information content (AvgIpc) is 3.16. The van der Waals surface area contributed by atoms with Gasteiger partial charge in [-0.3, -0.25) is 0 Å². The third-order valence-corrected chi connectivity index (χ3v) is 4.22. The maximum atomic E-state index is 13.5. The Morgan fingerprint density at radius 2 is 2.26 bits per heavy atom. The highest BCUT2D eigenvalue weighted by Gasteiger charge is 2.27. The van der Waals surface area contributed by atoms with Crippen molar-refractivity contribution in [2.24, 2.45) is 5.92 Å². The number of hydrogen-bond acceptors (Lipinski definition) is 1. The van der Waals surface area contributed by atoms with Crippen molar-refractivity contribution in [2.75, 3.05) is 0 Å². The fourth-order valence-corrected chi connectivity index (χ4v) is 3.00. The van der Waals surface area contributed by atoms with E-state index in [0.29, 0.717) is 11.9 Å². The van der Waals surface area contributed by atoms with E-state index in [1.807, 2.05) is 0 Å². The fourth-order valence-electron chi connectivity index (χ4n) is 2.81. The van der Waals surface area contributed by atoms with Crippen LogP contribution in [0.2, 0.25) is 0 Å². The van der Waals surface area contributed by atoms with Crippen molar-refractivity contribution < 1.29 is 4.39 Å². The molecule has 4 heteroatoms. The maximum Gasteiger partial charge on any atom is 0.125 e. The molecule has 102 valence electrons. The van der Waals surface area contributed by atoms with E-state index in [4.69, 9.17) is 11.6 Å². The first-order valence-electron chi connectivity index (χ1n) is 6.95. The zero-order valence-electron chi connectivity index (χ0n) is 11.1. The molecule has 1 heterocycles. The largest absolute Gasteiger partial charge is 0.324 e. The molecular formula is C15H18ClFN2. The van der Waals surface area contributed by atoms with E-state index < -0.39 is 0 Å².